The highest BCUT2D eigenvalue weighted by Gasteiger charge is 2.36. The number of hydrogen-bond acceptors (Lipinski definition) is 6. The zero-order chi connectivity index (χ0) is 19.6. The molecule has 1 aliphatic rings. The van der Waals surface area contributed by atoms with E-state index in [9.17, 15) is 14.7 Å². The van der Waals surface area contributed by atoms with Crippen LogP contribution in [0.5, 0.6) is 0 Å². The van der Waals surface area contributed by atoms with Crippen LogP contribution in [-0.4, -0.2) is 33.4 Å². The Balaban J connectivity index is 1.88. The minimum Gasteiger partial charge on any atom is -0.394 e. The summed E-state index contributed by atoms with van der Waals surface area (Å²) in [5.41, 5.74) is 9.65. The number of nitrogens with one attached hydrogen (secondary N) is 1. The molecule has 9 nitrogen and oxygen atoms in total. The number of aromatic amines is 1. The van der Waals surface area contributed by atoms with E-state index in [0.29, 0.717) is 5.03 Å². The van der Waals surface area contributed by atoms with E-state index >= 15 is 0 Å². The number of rotatable bonds is 5. The largest absolute Gasteiger partial charge is 0.394 e. The second-order valence-electron chi connectivity index (χ2n) is 6.39. The molecule has 1 aromatic heterocycles. The number of azide groups is 1. The third kappa shape index (κ3) is 4.25. The molecule has 142 valence electrons. The fraction of sp³-hybridized carbons (Fsp3) is 0.412. The lowest BCUT2D eigenvalue weighted by molar-refractivity contribution is -0.0286. The van der Waals surface area contributed by atoms with E-state index in [1.807, 2.05) is 32.0 Å². The molecule has 10 heteroatoms. The number of aromatic nitrogens is 2. The molecule has 0 amide bonds. The first-order valence-electron chi connectivity index (χ1n) is 8.34. The van der Waals surface area contributed by atoms with Crippen molar-refractivity contribution in [1.82, 2.24) is 9.55 Å². The van der Waals surface area contributed by atoms with E-state index in [0.717, 1.165) is 20.6 Å². The molecule has 2 N–H and O–H groups in total. The Morgan fingerprint density at radius 3 is 2.63 bits per heavy atom. The molecule has 0 unspecified atom stereocenters. The maximum atomic E-state index is 12.5. The Hall–Kier alpha value is -2.52. The second-order valence-corrected chi connectivity index (χ2v) is 7.51. The molecule has 0 saturated carbocycles. The van der Waals surface area contributed by atoms with Crippen LogP contribution in [0.15, 0.2) is 48.9 Å². The van der Waals surface area contributed by atoms with Crippen molar-refractivity contribution in [2.75, 3.05) is 6.61 Å². The quantitative estimate of drug-likeness (QED) is 0.350. The molecule has 2 heterocycles. The van der Waals surface area contributed by atoms with E-state index in [2.05, 4.69) is 15.0 Å². The Kier molecular flexibility index (Phi) is 5.71. The molecule has 0 radical (unpaired) electrons. The molecule has 0 aliphatic carbocycles. The number of aliphatic hydroxyl groups excluding tert-OH is 1. The topological polar surface area (TPSA) is 133 Å². The van der Waals surface area contributed by atoms with Crippen LogP contribution in [-0.2, 0) is 4.74 Å². The number of benzene rings is 1. The number of aliphatic hydroxyl groups is 1. The first-order chi connectivity index (χ1) is 12.9. The average Bonchev–Trinajstić information content (AvgIpc) is 2.96. The van der Waals surface area contributed by atoms with Gasteiger partial charge >= 0.3 is 5.69 Å². The summed E-state index contributed by atoms with van der Waals surface area (Å²) in [6, 6.07) is 6.68. The van der Waals surface area contributed by atoms with Crippen molar-refractivity contribution in [3.05, 3.63) is 66.7 Å². The molecule has 0 spiro atoms. The van der Waals surface area contributed by atoms with Crippen molar-refractivity contribution >= 4 is 11.8 Å². The van der Waals surface area contributed by atoms with Crippen LogP contribution in [0.25, 0.3) is 10.4 Å². The molecule has 27 heavy (non-hydrogen) atoms. The van der Waals surface area contributed by atoms with E-state index in [-0.39, 0.29) is 13.0 Å². The summed E-state index contributed by atoms with van der Waals surface area (Å²) in [5, 5.41) is 13.3. The average molecular weight is 389 g/mol. The summed E-state index contributed by atoms with van der Waals surface area (Å²) in [6.45, 7) is 3.59. The molecule has 1 aromatic carbocycles. The molecule has 3 atom stereocenters. The van der Waals surface area contributed by atoms with Crippen LogP contribution in [0.3, 0.4) is 0 Å². The van der Waals surface area contributed by atoms with Gasteiger partial charge in [-0.25, -0.2) is 9.36 Å². The van der Waals surface area contributed by atoms with Crippen LogP contribution >= 0.6 is 11.8 Å². The van der Waals surface area contributed by atoms with Crippen LogP contribution in [0.2, 0.25) is 0 Å². The fourth-order valence-corrected chi connectivity index (χ4v) is 4.20. The number of H-pyrrole nitrogens is 1. The van der Waals surface area contributed by atoms with Gasteiger partial charge in [0.2, 0.25) is 0 Å². The highest BCUT2D eigenvalue weighted by molar-refractivity contribution is 7.99. The summed E-state index contributed by atoms with van der Waals surface area (Å²) in [7, 11) is 0. The number of aryl methyl sites for hydroxylation is 2. The summed E-state index contributed by atoms with van der Waals surface area (Å²) in [5.74, 6) is 0. The minimum absolute atomic E-state index is 0.141. The van der Waals surface area contributed by atoms with Crippen LogP contribution < -0.4 is 11.2 Å². The predicted octanol–water partition coefficient (Wildman–Crippen LogP) is 2.26. The predicted molar refractivity (Wildman–Crippen MR) is 99.9 cm³/mol. The van der Waals surface area contributed by atoms with E-state index < -0.39 is 29.6 Å². The van der Waals surface area contributed by atoms with Gasteiger partial charge in [-0.05, 0) is 42.6 Å². The third-order valence-electron chi connectivity index (χ3n) is 4.24. The van der Waals surface area contributed by atoms with Gasteiger partial charge in [-0.3, -0.25) is 4.79 Å². The van der Waals surface area contributed by atoms with Crippen LogP contribution in [0.4, 0.5) is 0 Å². The molecular weight excluding hydrogens is 370 g/mol. The summed E-state index contributed by atoms with van der Waals surface area (Å²) in [6.07, 6.45) is -1.50. The van der Waals surface area contributed by atoms with E-state index in [4.69, 9.17) is 10.3 Å². The maximum absolute atomic E-state index is 12.5. The van der Waals surface area contributed by atoms with Gasteiger partial charge in [0.25, 0.3) is 5.56 Å². The van der Waals surface area contributed by atoms with Crippen molar-refractivity contribution in [2.45, 2.75) is 48.6 Å². The van der Waals surface area contributed by atoms with Crippen molar-refractivity contribution < 1.29 is 9.84 Å². The van der Waals surface area contributed by atoms with Gasteiger partial charge in [0.15, 0.2) is 0 Å². The molecule has 1 aliphatic heterocycles. The van der Waals surface area contributed by atoms with Gasteiger partial charge in [-0.1, -0.05) is 22.9 Å². The molecule has 2 aromatic rings. The fourth-order valence-electron chi connectivity index (χ4n) is 3.16. The van der Waals surface area contributed by atoms with Crippen molar-refractivity contribution in [1.29, 1.82) is 0 Å². The van der Waals surface area contributed by atoms with Crippen molar-refractivity contribution in [3.63, 3.8) is 0 Å². The molecule has 1 fully saturated rings. The standard InChI is InChI=1S/C17H19N5O4S/c1-9-3-10(2)5-11(4-9)27-14-7-15(24)22(17(25)19-14)16-6-12(20-21-18)13(8-23)26-16/h3-5,7,12-13,16,23H,6,8H2,1-2H3,(H,19,25)/t12-,13+,16+/m0/s1. The zero-order valence-electron chi connectivity index (χ0n) is 14.8. The number of hydrogen-bond donors (Lipinski definition) is 2. The zero-order valence-corrected chi connectivity index (χ0v) is 15.6. The van der Waals surface area contributed by atoms with Crippen LogP contribution in [0, 0.1) is 13.8 Å². The van der Waals surface area contributed by atoms with Gasteiger partial charge in [0, 0.05) is 22.3 Å². The normalized spacial score (nSPS) is 21.8. The third-order valence-corrected chi connectivity index (χ3v) is 5.15. The minimum atomic E-state index is -0.894. The van der Waals surface area contributed by atoms with E-state index in [1.54, 1.807) is 0 Å². The lowest BCUT2D eigenvalue weighted by atomic mass is 10.1. The monoisotopic (exact) mass is 389 g/mol. The first kappa shape index (κ1) is 19.2. The number of nitrogens with zero attached hydrogens (tertiary/aromatic N) is 4. The van der Waals surface area contributed by atoms with Crippen LogP contribution in [0.1, 0.15) is 23.8 Å². The first-order valence-corrected chi connectivity index (χ1v) is 9.15. The molecule has 3 rings (SSSR count). The molecule has 1 saturated heterocycles. The highest BCUT2D eigenvalue weighted by Crippen LogP contribution is 2.30. The Morgan fingerprint density at radius 2 is 2.04 bits per heavy atom. The lowest BCUT2D eigenvalue weighted by Crippen LogP contribution is -2.38. The molecule has 0 bridgehead atoms. The maximum Gasteiger partial charge on any atom is 0.331 e. The van der Waals surface area contributed by atoms with Gasteiger partial charge in [0.1, 0.15) is 6.23 Å². The summed E-state index contributed by atoms with van der Waals surface area (Å²) >= 11 is 1.29. The Morgan fingerprint density at radius 1 is 1.33 bits per heavy atom. The lowest BCUT2D eigenvalue weighted by Gasteiger charge is -2.14. The second kappa shape index (κ2) is 8.01. The van der Waals surface area contributed by atoms with Gasteiger partial charge < -0.3 is 14.8 Å². The smallest absolute Gasteiger partial charge is 0.331 e. The number of ether oxygens (including phenoxy) is 1. The van der Waals surface area contributed by atoms with Crippen molar-refractivity contribution in [2.24, 2.45) is 5.11 Å². The van der Waals surface area contributed by atoms with E-state index in [1.165, 1.54) is 17.8 Å². The highest BCUT2D eigenvalue weighted by atomic mass is 32.2. The van der Waals surface area contributed by atoms with Gasteiger partial charge in [0.05, 0.1) is 23.8 Å². The Bertz CT molecular complexity index is 960. The van der Waals surface area contributed by atoms with Gasteiger partial charge in [-0.2, -0.15) is 0 Å². The Labute approximate surface area is 158 Å². The summed E-state index contributed by atoms with van der Waals surface area (Å²) < 4.78 is 6.48. The van der Waals surface area contributed by atoms with Crippen molar-refractivity contribution in [3.8, 4) is 0 Å². The molecular formula is C17H19N5O4S. The summed E-state index contributed by atoms with van der Waals surface area (Å²) in [4.78, 5) is 31.3. The SMILES string of the molecule is Cc1cc(C)cc(Sc2cc(=O)n([C@H]3C[C@H](N=[N+]=[N-])[C@@H](CO)O3)c(=O)[nH]2)c1. The van der Waals surface area contributed by atoms with Gasteiger partial charge in [-0.15, -0.1) is 0 Å².